The third-order valence-electron chi connectivity index (χ3n) is 4.58. The summed E-state index contributed by atoms with van der Waals surface area (Å²) in [6.07, 6.45) is 3.06. The Balaban J connectivity index is 1.54. The largest absolute Gasteiger partial charge is 0.338 e. The zero-order valence-corrected chi connectivity index (χ0v) is 14.3. The van der Waals surface area contributed by atoms with Crippen molar-refractivity contribution < 1.29 is 18.1 Å². The summed E-state index contributed by atoms with van der Waals surface area (Å²) in [6.45, 7) is 0.696. The number of hydrogen-bond acceptors (Lipinski definition) is 5. The molecule has 1 atom stereocenters. The third-order valence-corrected chi connectivity index (χ3v) is 4.58. The molecule has 1 aromatic carbocycles. The number of hydrogen-bond donors (Lipinski definition) is 0. The molecule has 27 heavy (non-hydrogen) atoms. The van der Waals surface area contributed by atoms with E-state index in [9.17, 15) is 13.6 Å². The van der Waals surface area contributed by atoms with Crippen LogP contribution in [0.25, 0.3) is 11.6 Å². The predicted molar refractivity (Wildman–Crippen MR) is 91.8 cm³/mol. The second-order valence-electron chi connectivity index (χ2n) is 6.36. The van der Waals surface area contributed by atoms with Gasteiger partial charge in [-0.25, -0.2) is 8.78 Å². The fourth-order valence-electron chi connectivity index (χ4n) is 3.23. The van der Waals surface area contributed by atoms with E-state index in [1.54, 1.807) is 18.3 Å². The van der Waals surface area contributed by atoms with E-state index in [-0.39, 0.29) is 12.5 Å². The Morgan fingerprint density at radius 2 is 1.96 bits per heavy atom. The topological polar surface area (TPSA) is 72.1 Å². The Labute approximate surface area is 153 Å². The van der Waals surface area contributed by atoms with Crippen LogP contribution in [0.4, 0.5) is 8.78 Å². The molecule has 4 rings (SSSR count). The van der Waals surface area contributed by atoms with Crippen molar-refractivity contribution in [2.75, 3.05) is 13.1 Å². The molecule has 1 fully saturated rings. The molecule has 0 unspecified atom stereocenters. The van der Waals surface area contributed by atoms with Crippen molar-refractivity contribution in [1.82, 2.24) is 20.0 Å². The molecule has 3 aromatic rings. The summed E-state index contributed by atoms with van der Waals surface area (Å²) >= 11 is 0. The maximum absolute atomic E-state index is 13.9. The Bertz CT molecular complexity index is 941. The Kier molecular flexibility index (Phi) is 4.62. The molecule has 3 heterocycles. The van der Waals surface area contributed by atoms with Crippen LogP contribution in [-0.4, -0.2) is 39.0 Å². The van der Waals surface area contributed by atoms with Gasteiger partial charge >= 0.3 is 0 Å². The van der Waals surface area contributed by atoms with Crippen molar-refractivity contribution in [2.45, 2.75) is 18.8 Å². The molecule has 0 aliphatic carbocycles. The van der Waals surface area contributed by atoms with E-state index in [2.05, 4.69) is 15.1 Å². The zero-order valence-electron chi connectivity index (χ0n) is 14.3. The van der Waals surface area contributed by atoms with E-state index in [1.807, 2.05) is 6.07 Å². The van der Waals surface area contributed by atoms with Gasteiger partial charge in [0.05, 0.1) is 0 Å². The van der Waals surface area contributed by atoms with E-state index in [1.165, 1.54) is 11.0 Å². The van der Waals surface area contributed by atoms with Crippen LogP contribution in [-0.2, 0) is 0 Å². The second kappa shape index (κ2) is 7.22. The molecule has 0 radical (unpaired) electrons. The number of amides is 1. The smallest absolute Gasteiger partial charge is 0.276 e. The van der Waals surface area contributed by atoms with Gasteiger partial charge in [-0.05, 0) is 37.1 Å². The first-order valence-electron chi connectivity index (χ1n) is 8.62. The van der Waals surface area contributed by atoms with Crippen LogP contribution in [0.1, 0.15) is 34.9 Å². The molecule has 1 aliphatic heterocycles. The molecule has 1 aliphatic rings. The van der Waals surface area contributed by atoms with Gasteiger partial charge in [-0.1, -0.05) is 17.3 Å². The van der Waals surface area contributed by atoms with E-state index >= 15 is 0 Å². The standard InChI is InChI=1S/C19H16F2N4O2/c20-13-6-3-7-14(21)16(13)19(26)25-10-4-5-12(11-25)17-23-18(27-24-17)15-8-1-2-9-22-15/h1-3,6-9,12H,4-5,10-11H2/t12-/m0/s1. The summed E-state index contributed by atoms with van der Waals surface area (Å²) in [5.41, 5.74) is 0.0360. The van der Waals surface area contributed by atoms with Crippen molar-refractivity contribution in [3.63, 3.8) is 0 Å². The summed E-state index contributed by atoms with van der Waals surface area (Å²) in [6, 6.07) is 8.75. The fraction of sp³-hybridized carbons (Fsp3) is 0.263. The van der Waals surface area contributed by atoms with Crippen LogP contribution >= 0.6 is 0 Å². The van der Waals surface area contributed by atoms with Crippen LogP contribution in [0.15, 0.2) is 47.1 Å². The summed E-state index contributed by atoms with van der Waals surface area (Å²) in [5, 5.41) is 4.01. The Hall–Kier alpha value is -3.16. The SMILES string of the molecule is O=C(c1c(F)cccc1F)N1CCC[C@H](c2noc(-c3ccccn3)n2)C1. The van der Waals surface area contributed by atoms with Crippen molar-refractivity contribution >= 4 is 5.91 Å². The predicted octanol–water partition coefficient (Wildman–Crippen LogP) is 3.43. The van der Waals surface area contributed by atoms with Gasteiger partial charge in [0.15, 0.2) is 5.82 Å². The Morgan fingerprint density at radius 3 is 2.70 bits per heavy atom. The molecule has 1 saturated heterocycles. The quantitative estimate of drug-likeness (QED) is 0.706. The highest BCUT2D eigenvalue weighted by Gasteiger charge is 2.31. The lowest BCUT2D eigenvalue weighted by Gasteiger charge is -2.31. The van der Waals surface area contributed by atoms with E-state index < -0.39 is 23.1 Å². The van der Waals surface area contributed by atoms with Gasteiger partial charge in [-0.15, -0.1) is 0 Å². The van der Waals surface area contributed by atoms with Gasteiger partial charge < -0.3 is 9.42 Å². The van der Waals surface area contributed by atoms with Crippen LogP contribution < -0.4 is 0 Å². The minimum Gasteiger partial charge on any atom is -0.338 e. The summed E-state index contributed by atoms with van der Waals surface area (Å²) in [4.78, 5) is 22.6. The van der Waals surface area contributed by atoms with Crippen LogP contribution in [0.5, 0.6) is 0 Å². The molecular formula is C19H16F2N4O2. The average Bonchev–Trinajstić information content (AvgIpc) is 3.19. The maximum Gasteiger partial charge on any atom is 0.276 e. The lowest BCUT2D eigenvalue weighted by atomic mass is 9.96. The molecule has 0 saturated carbocycles. The summed E-state index contributed by atoms with van der Waals surface area (Å²) < 4.78 is 33.1. The normalized spacial score (nSPS) is 17.1. The lowest BCUT2D eigenvalue weighted by Crippen LogP contribution is -2.40. The first kappa shape index (κ1) is 17.3. The molecule has 138 valence electrons. The maximum atomic E-state index is 13.9. The number of carbonyl (C=O) groups excluding carboxylic acids is 1. The van der Waals surface area contributed by atoms with Gasteiger partial charge in [-0.3, -0.25) is 9.78 Å². The number of aromatic nitrogens is 3. The number of piperidine rings is 1. The number of carbonyl (C=O) groups is 1. The van der Waals surface area contributed by atoms with Crippen molar-refractivity contribution in [3.05, 3.63) is 65.6 Å². The third kappa shape index (κ3) is 3.42. The van der Waals surface area contributed by atoms with Crippen LogP contribution in [0, 0.1) is 11.6 Å². The van der Waals surface area contributed by atoms with Gasteiger partial charge in [0.25, 0.3) is 11.8 Å². The minimum absolute atomic E-state index is 0.168. The number of likely N-dealkylation sites (tertiary alicyclic amines) is 1. The second-order valence-corrected chi connectivity index (χ2v) is 6.36. The number of rotatable bonds is 3. The molecule has 1 amide bonds. The van der Waals surface area contributed by atoms with E-state index in [0.29, 0.717) is 30.4 Å². The summed E-state index contributed by atoms with van der Waals surface area (Å²) in [7, 11) is 0. The van der Waals surface area contributed by atoms with Crippen molar-refractivity contribution in [1.29, 1.82) is 0 Å². The Morgan fingerprint density at radius 1 is 1.15 bits per heavy atom. The summed E-state index contributed by atoms with van der Waals surface area (Å²) in [5.74, 6) is -1.79. The molecular weight excluding hydrogens is 354 g/mol. The van der Waals surface area contributed by atoms with Gasteiger partial charge in [0.1, 0.15) is 22.9 Å². The molecule has 8 heteroatoms. The van der Waals surface area contributed by atoms with Crippen molar-refractivity contribution in [2.24, 2.45) is 0 Å². The molecule has 0 spiro atoms. The number of benzene rings is 1. The number of halogens is 2. The van der Waals surface area contributed by atoms with Gasteiger partial charge in [0, 0.05) is 25.2 Å². The number of pyridine rings is 1. The highest BCUT2D eigenvalue weighted by atomic mass is 19.1. The van der Waals surface area contributed by atoms with Gasteiger partial charge in [-0.2, -0.15) is 4.98 Å². The zero-order chi connectivity index (χ0) is 18.8. The van der Waals surface area contributed by atoms with Crippen molar-refractivity contribution in [3.8, 4) is 11.6 Å². The van der Waals surface area contributed by atoms with E-state index in [0.717, 1.165) is 18.6 Å². The highest BCUT2D eigenvalue weighted by Crippen LogP contribution is 2.28. The van der Waals surface area contributed by atoms with Crippen LogP contribution in [0.2, 0.25) is 0 Å². The lowest BCUT2D eigenvalue weighted by molar-refractivity contribution is 0.0693. The van der Waals surface area contributed by atoms with Crippen LogP contribution in [0.3, 0.4) is 0 Å². The van der Waals surface area contributed by atoms with E-state index in [4.69, 9.17) is 4.52 Å². The average molecular weight is 370 g/mol. The fourth-order valence-corrected chi connectivity index (χ4v) is 3.23. The minimum atomic E-state index is -0.862. The van der Waals surface area contributed by atoms with Gasteiger partial charge in [0.2, 0.25) is 0 Å². The molecule has 6 nitrogen and oxygen atoms in total. The molecule has 0 N–H and O–H groups in total. The highest BCUT2D eigenvalue weighted by molar-refractivity contribution is 5.94. The first-order chi connectivity index (χ1) is 13.1. The monoisotopic (exact) mass is 370 g/mol. The number of nitrogens with zero attached hydrogens (tertiary/aromatic N) is 4. The molecule has 0 bridgehead atoms. The first-order valence-corrected chi connectivity index (χ1v) is 8.62. The molecule has 2 aromatic heterocycles.